The second-order valence-corrected chi connectivity index (χ2v) is 10.0. The summed E-state index contributed by atoms with van der Waals surface area (Å²) >= 11 is 0. The summed E-state index contributed by atoms with van der Waals surface area (Å²) in [6.45, 7) is 12.3. The summed E-state index contributed by atoms with van der Waals surface area (Å²) in [6.07, 6.45) is 1.59. The van der Waals surface area contributed by atoms with Crippen molar-refractivity contribution in [1.82, 2.24) is 15.5 Å². The van der Waals surface area contributed by atoms with Crippen LogP contribution in [0.4, 0.5) is 4.79 Å². The molecule has 3 N–H and O–H groups in total. The molecule has 0 aromatic heterocycles. The number of ether oxygens (including phenoxy) is 1. The number of unbranched alkanes of at least 4 members (excludes halogenated alkanes) is 2. The van der Waals surface area contributed by atoms with E-state index in [2.05, 4.69) is 31.4 Å². The number of benzene rings is 1. The number of hydrogen-bond acceptors (Lipinski definition) is 5. The molecule has 1 unspecified atom stereocenters. The van der Waals surface area contributed by atoms with Crippen molar-refractivity contribution in [3.05, 3.63) is 35.9 Å². The van der Waals surface area contributed by atoms with E-state index >= 15 is 0 Å². The number of carbonyl (C=O) groups is 2. The molecule has 1 fully saturated rings. The van der Waals surface area contributed by atoms with Gasteiger partial charge in [-0.15, -0.1) is 0 Å². The lowest BCUT2D eigenvalue weighted by Gasteiger charge is -2.29. The van der Waals surface area contributed by atoms with Crippen LogP contribution in [0.1, 0.15) is 66.4 Å². The fourth-order valence-electron chi connectivity index (χ4n) is 4.06. The predicted molar refractivity (Wildman–Crippen MR) is 126 cm³/mol. The van der Waals surface area contributed by atoms with Gasteiger partial charge in [-0.2, -0.15) is 0 Å². The summed E-state index contributed by atoms with van der Waals surface area (Å²) in [5.41, 5.74) is 0.297. The van der Waals surface area contributed by atoms with Crippen LogP contribution >= 0.6 is 0 Å². The molecule has 2 amide bonds. The summed E-state index contributed by atoms with van der Waals surface area (Å²) in [6, 6.07) is 8.15. The quantitative estimate of drug-likeness (QED) is 0.478. The second kappa shape index (κ2) is 11.7. The SMILES string of the molecule is CCCCCN1C(=O)[C@H]([C@@H](O)[C@H](Cc2ccccc2)NC(=O)OC(C)(C)C)NC1C(C)C. The second-order valence-electron chi connectivity index (χ2n) is 10.0. The van der Waals surface area contributed by atoms with E-state index < -0.39 is 29.9 Å². The predicted octanol–water partition coefficient (Wildman–Crippen LogP) is 3.46. The molecule has 1 aromatic carbocycles. The van der Waals surface area contributed by atoms with E-state index in [1.165, 1.54) is 0 Å². The minimum atomic E-state index is -1.10. The highest BCUT2D eigenvalue weighted by molar-refractivity contribution is 5.85. The van der Waals surface area contributed by atoms with Crippen molar-refractivity contribution in [3.63, 3.8) is 0 Å². The van der Waals surface area contributed by atoms with Crippen molar-refractivity contribution < 1.29 is 19.4 Å². The molecule has 1 saturated heterocycles. The maximum absolute atomic E-state index is 13.3. The van der Waals surface area contributed by atoms with Gasteiger partial charge in [-0.1, -0.05) is 63.9 Å². The molecule has 0 radical (unpaired) electrons. The summed E-state index contributed by atoms with van der Waals surface area (Å²) in [4.78, 5) is 27.6. The fraction of sp³-hybridized carbons (Fsp3) is 0.680. The first kappa shape index (κ1) is 26.1. The Morgan fingerprint density at radius 2 is 1.88 bits per heavy atom. The fourth-order valence-corrected chi connectivity index (χ4v) is 4.06. The zero-order valence-corrected chi connectivity index (χ0v) is 20.4. The number of aliphatic hydroxyl groups is 1. The molecule has 32 heavy (non-hydrogen) atoms. The number of nitrogens with one attached hydrogen (secondary N) is 2. The van der Waals surface area contributed by atoms with E-state index in [-0.39, 0.29) is 18.0 Å². The molecule has 0 spiro atoms. The third kappa shape index (κ3) is 7.48. The van der Waals surface area contributed by atoms with Gasteiger partial charge in [0, 0.05) is 6.54 Å². The van der Waals surface area contributed by atoms with Crippen LogP contribution in [0.2, 0.25) is 0 Å². The van der Waals surface area contributed by atoms with Gasteiger partial charge < -0.3 is 20.1 Å². The van der Waals surface area contributed by atoms with Gasteiger partial charge in [0.1, 0.15) is 11.6 Å². The van der Waals surface area contributed by atoms with Gasteiger partial charge in [0.2, 0.25) is 5.91 Å². The smallest absolute Gasteiger partial charge is 0.407 e. The topological polar surface area (TPSA) is 90.9 Å². The van der Waals surface area contributed by atoms with Gasteiger partial charge >= 0.3 is 6.09 Å². The van der Waals surface area contributed by atoms with Crippen LogP contribution in [0.15, 0.2) is 30.3 Å². The Bertz CT molecular complexity index is 732. The highest BCUT2D eigenvalue weighted by Crippen LogP contribution is 2.23. The first-order valence-corrected chi connectivity index (χ1v) is 11.8. The molecule has 180 valence electrons. The van der Waals surface area contributed by atoms with E-state index in [1.54, 1.807) is 20.8 Å². The Labute approximate surface area is 192 Å². The lowest BCUT2D eigenvalue weighted by atomic mass is 9.96. The number of nitrogens with zero attached hydrogens (tertiary/aromatic N) is 1. The van der Waals surface area contributed by atoms with Gasteiger partial charge in [0.25, 0.3) is 0 Å². The minimum absolute atomic E-state index is 0.114. The van der Waals surface area contributed by atoms with Gasteiger partial charge in [-0.25, -0.2) is 4.79 Å². The van der Waals surface area contributed by atoms with E-state index in [0.29, 0.717) is 13.0 Å². The Balaban J connectivity index is 2.21. The highest BCUT2D eigenvalue weighted by Gasteiger charge is 2.45. The normalized spacial score (nSPS) is 21.0. The molecule has 1 heterocycles. The standard InChI is InChI=1S/C25H41N3O4/c1-7-8-12-15-28-22(17(2)3)27-20(23(28)30)21(29)19(16-18-13-10-9-11-14-18)26-24(31)32-25(4,5)6/h9-11,13-14,17,19-22,27,29H,7-8,12,15-16H2,1-6H3,(H,26,31)/t19-,20-,21-,22?/m0/s1. The number of alkyl carbamates (subject to hydrolysis) is 1. The van der Waals surface area contributed by atoms with Crippen molar-refractivity contribution in [3.8, 4) is 0 Å². The van der Waals surface area contributed by atoms with Crippen LogP contribution in [0.3, 0.4) is 0 Å². The lowest BCUT2D eigenvalue weighted by Crippen LogP contribution is -2.55. The molecule has 0 bridgehead atoms. The lowest BCUT2D eigenvalue weighted by molar-refractivity contribution is -0.132. The van der Waals surface area contributed by atoms with Crippen LogP contribution in [0.5, 0.6) is 0 Å². The molecular formula is C25H41N3O4. The first-order chi connectivity index (χ1) is 15.0. The molecule has 4 atom stereocenters. The number of aliphatic hydroxyl groups excluding tert-OH is 1. The monoisotopic (exact) mass is 447 g/mol. The number of amides is 2. The van der Waals surface area contributed by atoms with Crippen molar-refractivity contribution >= 4 is 12.0 Å². The number of hydrogen-bond donors (Lipinski definition) is 3. The molecule has 1 aliphatic rings. The summed E-state index contributed by atoms with van der Waals surface area (Å²) in [5.74, 6) is 0.0838. The molecule has 0 aliphatic carbocycles. The Morgan fingerprint density at radius 1 is 1.22 bits per heavy atom. The van der Waals surface area contributed by atoms with Crippen LogP contribution in [-0.4, -0.2) is 58.5 Å². The zero-order chi connectivity index (χ0) is 23.9. The molecule has 1 aliphatic heterocycles. The van der Waals surface area contributed by atoms with Gasteiger partial charge in [0.05, 0.1) is 18.3 Å². The number of rotatable bonds is 10. The molecule has 7 heteroatoms. The molecule has 2 rings (SSSR count). The van der Waals surface area contributed by atoms with Crippen molar-refractivity contribution in [2.75, 3.05) is 6.54 Å². The Kier molecular flexibility index (Phi) is 9.52. The van der Waals surface area contributed by atoms with Crippen molar-refractivity contribution in [2.24, 2.45) is 5.92 Å². The summed E-state index contributed by atoms with van der Waals surface area (Å²) < 4.78 is 5.41. The van der Waals surface area contributed by atoms with Gasteiger partial charge in [0.15, 0.2) is 0 Å². The molecular weight excluding hydrogens is 406 g/mol. The van der Waals surface area contributed by atoms with E-state index in [9.17, 15) is 14.7 Å². The Morgan fingerprint density at radius 3 is 2.44 bits per heavy atom. The molecule has 7 nitrogen and oxygen atoms in total. The summed E-state index contributed by atoms with van der Waals surface area (Å²) in [7, 11) is 0. The first-order valence-electron chi connectivity index (χ1n) is 11.8. The molecule has 1 aromatic rings. The third-order valence-electron chi connectivity index (χ3n) is 5.62. The minimum Gasteiger partial charge on any atom is -0.444 e. The number of carbonyl (C=O) groups excluding carboxylic acids is 2. The van der Waals surface area contributed by atoms with E-state index in [1.807, 2.05) is 35.2 Å². The van der Waals surface area contributed by atoms with E-state index in [0.717, 1.165) is 24.8 Å². The summed E-state index contributed by atoms with van der Waals surface area (Å²) in [5, 5.41) is 17.4. The zero-order valence-electron chi connectivity index (χ0n) is 20.4. The van der Waals surface area contributed by atoms with Crippen LogP contribution in [-0.2, 0) is 16.0 Å². The van der Waals surface area contributed by atoms with Crippen LogP contribution < -0.4 is 10.6 Å². The van der Waals surface area contributed by atoms with Gasteiger partial charge in [-0.3, -0.25) is 10.1 Å². The average molecular weight is 448 g/mol. The van der Waals surface area contributed by atoms with E-state index in [4.69, 9.17) is 4.74 Å². The Hall–Kier alpha value is -2.12. The third-order valence-corrected chi connectivity index (χ3v) is 5.62. The average Bonchev–Trinajstić information content (AvgIpc) is 3.03. The molecule has 0 saturated carbocycles. The maximum atomic E-state index is 13.3. The maximum Gasteiger partial charge on any atom is 0.407 e. The van der Waals surface area contributed by atoms with Crippen LogP contribution in [0, 0.1) is 5.92 Å². The highest BCUT2D eigenvalue weighted by atomic mass is 16.6. The van der Waals surface area contributed by atoms with Crippen molar-refractivity contribution in [1.29, 1.82) is 0 Å². The van der Waals surface area contributed by atoms with Crippen LogP contribution in [0.25, 0.3) is 0 Å². The van der Waals surface area contributed by atoms with Gasteiger partial charge in [-0.05, 0) is 45.1 Å². The van der Waals surface area contributed by atoms with Crippen molar-refractivity contribution in [2.45, 2.75) is 97.2 Å². The largest absolute Gasteiger partial charge is 0.444 e.